The van der Waals surface area contributed by atoms with Gasteiger partial charge in [0.2, 0.25) is 5.91 Å². The Morgan fingerprint density at radius 1 is 1.29 bits per heavy atom. The van der Waals surface area contributed by atoms with Crippen molar-refractivity contribution in [1.82, 2.24) is 14.8 Å². The van der Waals surface area contributed by atoms with Crippen LogP contribution in [0.2, 0.25) is 0 Å². The summed E-state index contributed by atoms with van der Waals surface area (Å²) in [5, 5.41) is 25.1. The fraction of sp³-hybridized carbons (Fsp3) is 0.286. The van der Waals surface area contributed by atoms with Crippen molar-refractivity contribution in [3.05, 3.63) is 62.9 Å². The number of thiophene rings is 1. The van der Waals surface area contributed by atoms with Crippen LogP contribution in [-0.2, 0) is 24.2 Å². The molecule has 1 aromatic carbocycles. The molecule has 0 radical (unpaired) electrons. The zero-order valence-corrected chi connectivity index (χ0v) is 18.4. The van der Waals surface area contributed by atoms with Crippen LogP contribution >= 0.6 is 23.1 Å². The van der Waals surface area contributed by atoms with Gasteiger partial charge in [-0.3, -0.25) is 19.5 Å². The molecule has 0 atom stereocenters. The van der Waals surface area contributed by atoms with Crippen molar-refractivity contribution in [2.75, 3.05) is 11.1 Å². The number of non-ortho nitro benzene ring substituents is 1. The van der Waals surface area contributed by atoms with E-state index in [4.69, 9.17) is 0 Å². The fourth-order valence-corrected chi connectivity index (χ4v) is 5.44. The third kappa shape index (κ3) is 4.70. The molecule has 0 spiro atoms. The van der Waals surface area contributed by atoms with Crippen molar-refractivity contribution in [2.45, 2.75) is 37.4 Å². The van der Waals surface area contributed by atoms with Gasteiger partial charge in [0.1, 0.15) is 0 Å². The van der Waals surface area contributed by atoms with Crippen LogP contribution in [0.5, 0.6) is 0 Å². The number of hydrogen-bond donors (Lipinski definition) is 1. The van der Waals surface area contributed by atoms with Gasteiger partial charge in [0.05, 0.1) is 10.7 Å². The molecule has 2 heterocycles. The number of benzene rings is 1. The molecule has 1 aliphatic carbocycles. The monoisotopic (exact) mass is 455 g/mol. The third-order valence-corrected chi connectivity index (χ3v) is 7.08. The topological polar surface area (TPSA) is 103 Å². The highest BCUT2D eigenvalue weighted by molar-refractivity contribution is 7.99. The highest BCUT2D eigenvalue weighted by Gasteiger charge is 2.22. The van der Waals surface area contributed by atoms with Gasteiger partial charge in [-0.25, -0.2) is 0 Å². The summed E-state index contributed by atoms with van der Waals surface area (Å²) >= 11 is 3.09. The maximum Gasteiger partial charge on any atom is 0.269 e. The van der Waals surface area contributed by atoms with Crippen molar-refractivity contribution in [3.63, 3.8) is 0 Å². The Bertz CT molecular complexity index is 1120. The molecule has 0 bridgehead atoms. The van der Waals surface area contributed by atoms with Gasteiger partial charge < -0.3 is 5.32 Å². The van der Waals surface area contributed by atoms with Crippen LogP contribution in [0, 0.1) is 10.1 Å². The maximum absolute atomic E-state index is 12.4. The number of carbonyl (C=O) groups excluding carboxylic acids is 1. The number of nitro groups is 1. The first-order chi connectivity index (χ1) is 15.1. The van der Waals surface area contributed by atoms with E-state index < -0.39 is 4.92 Å². The number of nitrogens with zero attached hydrogens (tertiary/aromatic N) is 4. The number of amides is 1. The molecular formula is C21H21N5O3S2. The van der Waals surface area contributed by atoms with Crippen LogP contribution < -0.4 is 5.32 Å². The number of thioether (sulfide) groups is 1. The number of nitrogens with one attached hydrogen (secondary N) is 1. The lowest BCUT2D eigenvalue weighted by molar-refractivity contribution is -0.384. The molecule has 2 aromatic heterocycles. The van der Waals surface area contributed by atoms with Gasteiger partial charge in [0.15, 0.2) is 11.0 Å². The predicted octanol–water partition coefficient (Wildman–Crippen LogP) is 4.71. The highest BCUT2D eigenvalue weighted by atomic mass is 32.2. The fourth-order valence-electron chi connectivity index (χ4n) is 3.56. The van der Waals surface area contributed by atoms with Gasteiger partial charge in [-0.2, -0.15) is 0 Å². The molecule has 1 aliphatic rings. The van der Waals surface area contributed by atoms with Gasteiger partial charge in [0.25, 0.3) is 5.69 Å². The number of hydrogen-bond acceptors (Lipinski definition) is 7. The lowest BCUT2D eigenvalue weighted by atomic mass is 9.95. The first-order valence-electron chi connectivity index (χ1n) is 9.87. The Morgan fingerprint density at radius 2 is 2.06 bits per heavy atom. The van der Waals surface area contributed by atoms with Gasteiger partial charge in [0, 0.05) is 40.2 Å². The molecule has 160 valence electrons. The van der Waals surface area contributed by atoms with Crippen molar-refractivity contribution in [1.29, 1.82) is 0 Å². The van der Waals surface area contributed by atoms with Crippen molar-refractivity contribution in [2.24, 2.45) is 0 Å². The van der Waals surface area contributed by atoms with E-state index >= 15 is 0 Å². The van der Waals surface area contributed by atoms with Crippen LogP contribution in [0.4, 0.5) is 11.4 Å². The zero-order chi connectivity index (χ0) is 21.8. The minimum atomic E-state index is -0.476. The third-order valence-electron chi connectivity index (χ3n) is 5.03. The highest BCUT2D eigenvalue weighted by Crippen LogP contribution is 2.36. The Labute approximate surface area is 187 Å². The molecule has 4 rings (SSSR count). The average Bonchev–Trinajstić information content (AvgIpc) is 3.37. The molecule has 0 aliphatic heterocycles. The smallest absolute Gasteiger partial charge is 0.269 e. The molecule has 8 nitrogen and oxygen atoms in total. The quantitative estimate of drug-likeness (QED) is 0.228. The summed E-state index contributed by atoms with van der Waals surface area (Å²) in [5.41, 5.74) is 3.00. The van der Waals surface area contributed by atoms with Crippen LogP contribution in [-0.4, -0.2) is 31.3 Å². The molecule has 0 saturated heterocycles. The molecule has 0 unspecified atom stereocenters. The lowest BCUT2D eigenvalue weighted by Crippen LogP contribution is -2.14. The normalized spacial score (nSPS) is 12.9. The number of carbonyl (C=O) groups is 1. The van der Waals surface area contributed by atoms with E-state index in [0.717, 1.165) is 24.2 Å². The van der Waals surface area contributed by atoms with E-state index in [1.807, 2.05) is 4.57 Å². The first kappa shape index (κ1) is 21.3. The van der Waals surface area contributed by atoms with Crippen LogP contribution in [0.25, 0.3) is 11.4 Å². The number of nitro benzene ring substituents is 1. The second kappa shape index (κ2) is 9.44. The van der Waals surface area contributed by atoms with E-state index in [2.05, 4.69) is 27.5 Å². The summed E-state index contributed by atoms with van der Waals surface area (Å²) in [6.45, 7) is 4.40. The number of rotatable bonds is 8. The zero-order valence-electron chi connectivity index (χ0n) is 16.7. The van der Waals surface area contributed by atoms with Crippen LogP contribution in [0.15, 0.2) is 47.5 Å². The molecule has 3 aromatic rings. The molecule has 1 N–H and O–H groups in total. The van der Waals surface area contributed by atoms with E-state index in [-0.39, 0.29) is 17.3 Å². The molecule has 1 amide bonds. The minimum absolute atomic E-state index is 0.0203. The summed E-state index contributed by atoms with van der Waals surface area (Å²) in [6.07, 6.45) is 6.41. The standard InChI is InChI=1S/C21H21N5O3S2/c1-2-11-25-20(17-12-30-18-6-4-3-5-16(17)18)23-24-21(25)31-13-19(27)22-14-7-9-15(10-8-14)26(28)29/h2,7-10,12H,1,3-6,11,13H2,(H,22,27). The molecule has 10 heteroatoms. The first-order valence-corrected chi connectivity index (χ1v) is 11.7. The maximum atomic E-state index is 12.4. The summed E-state index contributed by atoms with van der Waals surface area (Å²) in [4.78, 5) is 24.1. The number of fused-ring (bicyclic) bond motifs is 1. The summed E-state index contributed by atoms with van der Waals surface area (Å²) in [5.74, 6) is 0.743. The van der Waals surface area contributed by atoms with E-state index in [9.17, 15) is 14.9 Å². The van der Waals surface area contributed by atoms with E-state index in [1.54, 1.807) is 17.4 Å². The van der Waals surface area contributed by atoms with Gasteiger partial charge in [-0.1, -0.05) is 17.8 Å². The van der Waals surface area contributed by atoms with Crippen LogP contribution in [0.1, 0.15) is 23.3 Å². The summed E-state index contributed by atoms with van der Waals surface area (Å²) < 4.78 is 1.99. The van der Waals surface area contributed by atoms with Gasteiger partial charge in [-0.15, -0.1) is 28.1 Å². The Kier molecular flexibility index (Phi) is 6.47. The van der Waals surface area contributed by atoms with Crippen molar-refractivity contribution < 1.29 is 9.72 Å². The Morgan fingerprint density at radius 3 is 2.81 bits per heavy atom. The molecule has 0 fully saturated rings. The number of anilines is 1. The minimum Gasteiger partial charge on any atom is -0.325 e. The van der Waals surface area contributed by atoms with E-state index in [1.165, 1.54) is 59.3 Å². The molecular weight excluding hydrogens is 434 g/mol. The number of allylic oxidation sites excluding steroid dienone is 1. The molecule has 31 heavy (non-hydrogen) atoms. The predicted molar refractivity (Wildman–Crippen MR) is 123 cm³/mol. The average molecular weight is 456 g/mol. The summed E-state index contributed by atoms with van der Waals surface area (Å²) in [7, 11) is 0. The SMILES string of the molecule is C=CCn1c(SCC(=O)Nc2ccc([N+](=O)[O-])cc2)nnc1-c1csc2c1CCCC2. The van der Waals surface area contributed by atoms with Gasteiger partial charge in [-0.05, 0) is 43.4 Å². The van der Waals surface area contributed by atoms with Crippen molar-refractivity contribution in [3.8, 4) is 11.4 Å². The Balaban J connectivity index is 1.46. The lowest BCUT2D eigenvalue weighted by Gasteiger charge is -2.13. The summed E-state index contributed by atoms with van der Waals surface area (Å²) in [6, 6.07) is 5.74. The van der Waals surface area contributed by atoms with Crippen molar-refractivity contribution >= 4 is 40.4 Å². The largest absolute Gasteiger partial charge is 0.325 e. The number of aryl methyl sites for hydroxylation is 1. The number of aromatic nitrogens is 3. The second-order valence-electron chi connectivity index (χ2n) is 7.10. The van der Waals surface area contributed by atoms with Crippen LogP contribution in [0.3, 0.4) is 0 Å². The second-order valence-corrected chi connectivity index (χ2v) is 9.01. The van der Waals surface area contributed by atoms with Gasteiger partial charge >= 0.3 is 0 Å². The Hall–Kier alpha value is -2.98. The molecule has 0 saturated carbocycles. The van der Waals surface area contributed by atoms with E-state index in [0.29, 0.717) is 17.4 Å².